The van der Waals surface area contributed by atoms with Gasteiger partial charge in [0.15, 0.2) is 12.2 Å². The monoisotopic (exact) mass is 184 g/mol. The van der Waals surface area contributed by atoms with Crippen LogP contribution in [0.15, 0.2) is 0 Å². The maximum absolute atomic E-state index is 11.9. The van der Waals surface area contributed by atoms with Crippen LogP contribution in [-0.4, -0.2) is 29.5 Å². The molecule has 2 atom stereocenters. The highest BCUT2D eigenvalue weighted by Gasteiger charge is 2.47. The van der Waals surface area contributed by atoms with Gasteiger partial charge in [-0.3, -0.25) is 0 Å². The lowest BCUT2D eigenvalue weighted by molar-refractivity contribution is -0.216. The lowest BCUT2D eigenvalue weighted by Crippen LogP contribution is -2.30. The van der Waals surface area contributed by atoms with Crippen molar-refractivity contribution >= 4 is 5.97 Å². The van der Waals surface area contributed by atoms with Crippen molar-refractivity contribution in [2.75, 3.05) is 0 Å². The molecule has 70 valence electrons. The van der Waals surface area contributed by atoms with Gasteiger partial charge < -0.3 is 9.84 Å². The van der Waals surface area contributed by atoms with Gasteiger partial charge in [-0.05, 0) is 12.8 Å². The Kier molecular flexibility index (Phi) is 2.27. The maximum Gasteiger partial charge on any atom is 0.414 e. The van der Waals surface area contributed by atoms with Crippen LogP contribution >= 0.6 is 0 Å². The first kappa shape index (κ1) is 9.31. The zero-order valence-corrected chi connectivity index (χ0v) is 5.97. The Morgan fingerprint density at radius 3 is 2.25 bits per heavy atom. The fourth-order valence-corrected chi connectivity index (χ4v) is 1.06. The molecule has 0 aromatic carbocycles. The van der Waals surface area contributed by atoms with E-state index < -0.39 is 24.4 Å². The van der Waals surface area contributed by atoms with Crippen LogP contribution in [-0.2, 0) is 9.53 Å². The minimum absolute atomic E-state index is 0.0699. The summed E-state index contributed by atoms with van der Waals surface area (Å²) in [5.74, 6) is -1.33. The van der Waals surface area contributed by atoms with Crippen molar-refractivity contribution < 1.29 is 27.8 Å². The largest absolute Gasteiger partial charge is 0.479 e. The normalized spacial score (nSPS) is 30.6. The maximum atomic E-state index is 11.9. The summed E-state index contributed by atoms with van der Waals surface area (Å²) in [5, 5.41) is 8.30. The van der Waals surface area contributed by atoms with Crippen LogP contribution in [0.2, 0.25) is 0 Å². The van der Waals surface area contributed by atoms with Crippen LogP contribution in [0, 0.1) is 0 Å². The van der Waals surface area contributed by atoms with E-state index in [1.54, 1.807) is 0 Å². The smallest absolute Gasteiger partial charge is 0.414 e. The van der Waals surface area contributed by atoms with Gasteiger partial charge in [0.1, 0.15) is 0 Å². The molecule has 1 N–H and O–H groups in total. The van der Waals surface area contributed by atoms with Gasteiger partial charge in [0, 0.05) is 0 Å². The molecule has 1 rings (SSSR count). The van der Waals surface area contributed by atoms with E-state index in [4.69, 9.17) is 5.11 Å². The summed E-state index contributed by atoms with van der Waals surface area (Å²) >= 11 is 0. The number of carbonyl (C=O) groups is 1. The number of carboxylic acid groups (broad SMARTS) is 1. The minimum atomic E-state index is -4.44. The van der Waals surface area contributed by atoms with Gasteiger partial charge >= 0.3 is 12.1 Å². The molecule has 0 amide bonds. The highest BCUT2D eigenvalue weighted by molar-refractivity contribution is 5.72. The van der Waals surface area contributed by atoms with E-state index in [9.17, 15) is 18.0 Å². The Morgan fingerprint density at radius 2 is 2.00 bits per heavy atom. The van der Waals surface area contributed by atoms with E-state index >= 15 is 0 Å². The van der Waals surface area contributed by atoms with Crippen molar-refractivity contribution in [2.45, 2.75) is 31.2 Å². The van der Waals surface area contributed by atoms with Crippen molar-refractivity contribution in [2.24, 2.45) is 0 Å². The molecule has 1 aliphatic heterocycles. The Balaban J connectivity index is 2.51. The fraction of sp³-hybridized carbons (Fsp3) is 0.833. The number of aliphatic carboxylic acids is 1. The predicted octanol–water partition coefficient (Wildman–Crippen LogP) is 1.18. The van der Waals surface area contributed by atoms with E-state index in [1.807, 2.05) is 0 Å². The number of ether oxygens (including phenoxy) is 1. The van der Waals surface area contributed by atoms with Crippen molar-refractivity contribution in [1.82, 2.24) is 0 Å². The van der Waals surface area contributed by atoms with Crippen LogP contribution in [0.5, 0.6) is 0 Å². The average molecular weight is 184 g/mol. The number of hydrogen-bond donors (Lipinski definition) is 1. The third-order valence-electron chi connectivity index (χ3n) is 1.66. The number of halogens is 3. The molecule has 12 heavy (non-hydrogen) atoms. The highest BCUT2D eigenvalue weighted by Crippen LogP contribution is 2.32. The molecular formula is C6H7F3O3. The fourth-order valence-electron chi connectivity index (χ4n) is 1.06. The zero-order chi connectivity index (χ0) is 9.35. The first-order valence-corrected chi connectivity index (χ1v) is 3.36. The number of carboxylic acids is 1. The average Bonchev–Trinajstić information content (AvgIpc) is 2.30. The van der Waals surface area contributed by atoms with E-state index in [1.165, 1.54) is 0 Å². The SMILES string of the molecule is O=C(O)[C@H]1CC[C@H](C(F)(F)F)O1. The molecule has 3 nitrogen and oxygen atoms in total. The minimum Gasteiger partial charge on any atom is -0.479 e. The van der Waals surface area contributed by atoms with Crippen molar-refractivity contribution in [3.63, 3.8) is 0 Å². The van der Waals surface area contributed by atoms with Crippen LogP contribution in [0.3, 0.4) is 0 Å². The summed E-state index contributed by atoms with van der Waals surface area (Å²) in [6.45, 7) is 0. The molecule has 0 radical (unpaired) electrons. The molecule has 0 unspecified atom stereocenters. The second-order valence-corrected chi connectivity index (χ2v) is 2.57. The zero-order valence-electron chi connectivity index (χ0n) is 5.97. The summed E-state index contributed by atoms with van der Waals surface area (Å²) in [4.78, 5) is 10.2. The number of rotatable bonds is 1. The van der Waals surface area contributed by atoms with Gasteiger partial charge in [0.2, 0.25) is 0 Å². The van der Waals surface area contributed by atoms with Crippen molar-refractivity contribution in [3.8, 4) is 0 Å². The summed E-state index contributed by atoms with van der Waals surface area (Å²) in [7, 11) is 0. The van der Waals surface area contributed by atoms with Crippen LogP contribution in [0.4, 0.5) is 13.2 Å². The summed E-state index contributed by atoms with van der Waals surface area (Å²) in [6.07, 6.45) is -7.97. The summed E-state index contributed by atoms with van der Waals surface area (Å²) in [6, 6.07) is 0. The van der Waals surface area contributed by atoms with Gasteiger partial charge in [0.05, 0.1) is 0 Å². The topological polar surface area (TPSA) is 46.5 Å². The molecule has 0 bridgehead atoms. The first-order chi connectivity index (χ1) is 5.41. The molecule has 0 saturated carbocycles. The summed E-state index contributed by atoms with van der Waals surface area (Å²) < 4.78 is 39.9. The van der Waals surface area contributed by atoms with Gasteiger partial charge in [0.25, 0.3) is 0 Å². The van der Waals surface area contributed by atoms with E-state index in [0.717, 1.165) is 0 Å². The van der Waals surface area contributed by atoms with Gasteiger partial charge in [-0.25, -0.2) is 4.79 Å². The highest BCUT2D eigenvalue weighted by atomic mass is 19.4. The van der Waals surface area contributed by atoms with Gasteiger partial charge in [-0.15, -0.1) is 0 Å². The van der Waals surface area contributed by atoms with E-state index in [2.05, 4.69) is 4.74 Å². The van der Waals surface area contributed by atoms with Crippen LogP contribution < -0.4 is 0 Å². The van der Waals surface area contributed by atoms with Crippen LogP contribution in [0.1, 0.15) is 12.8 Å². The molecule has 1 heterocycles. The number of hydrogen-bond acceptors (Lipinski definition) is 2. The van der Waals surface area contributed by atoms with Crippen LogP contribution in [0.25, 0.3) is 0 Å². The Morgan fingerprint density at radius 1 is 1.42 bits per heavy atom. The Labute approximate surface area is 66.1 Å². The van der Waals surface area contributed by atoms with Crippen molar-refractivity contribution in [3.05, 3.63) is 0 Å². The predicted molar refractivity (Wildman–Crippen MR) is 31.6 cm³/mol. The molecule has 1 saturated heterocycles. The second kappa shape index (κ2) is 2.93. The van der Waals surface area contributed by atoms with Gasteiger partial charge in [-0.2, -0.15) is 13.2 Å². The summed E-state index contributed by atoms with van der Waals surface area (Å²) in [5.41, 5.74) is 0. The van der Waals surface area contributed by atoms with E-state index in [0.29, 0.717) is 0 Å². The molecule has 0 aromatic heterocycles. The van der Waals surface area contributed by atoms with Crippen molar-refractivity contribution in [1.29, 1.82) is 0 Å². The lowest BCUT2D eigenvalue weighted by Gasteiger charge is -2.14. The molecular weight excluding hydrogens is 177 g/mol. The standard InChI is InChI=1S/C6H7F3O3/c7-6(8,9)4-2-1-3(12-4)5(10)11/h3-4H,1-2H2,(H,10,11)/t3-,4-/m1/s1. The Hall–Kier alpha value is -0.780. The lowest BCUT2D eigenvalue weighted by atomic mass is 10.2. The molecule has 0 aliphatic carbocycles. The quantitative estimate of drug-likeness (QED) is 0.665. The van der Waals surface area contributed by atoms with Gasteiger partial charge in [-0.1, -0.05) is 0 Å². The molecule has 6 heteroatoms. The third-order valence-corrected chi connectivity index (χ3v) is 1.66. The molecule has 0 aromatic rings. The first-order valence-electron chi connectivity index (χ1n) is 3.36. The second-order valence-electron chi connectivity index (χ2n) is 2.57. The molecule has 0 spiro atoms. The molecule has 1 aliphatic rings. The Bertz CT molecular complexity index is 189. The third kappa shape index (κ3) is 1.88. The number of alkyl halides is 3. The molecule has 1 fully saturated rings. The van der Waals surface area contributed by atoms with E-state index in [-0.39, 0.29) is 12.8 Å².